The first-order valence-corrected chi connectivity index (χ1v) is 5.89. The van der Waals surface area contributed by atoms with Crippen molar-refractivity contribution in [1.29, 1.82) is 0 Å². The summed E-state index contributed by atoms with van der Waals surface area (Å²) in [5, 5.41) is 9.70. The molecule has 0 bridgehead atoms. The number of hydrogen-bond acceptors (Lipinski definition) is 3. The molecule has 2 aromatic rings. The van der Waals surface area contributed by atoms with Gasteiger partial charge in [0.1, 0.15) is 0 Å². The molecule has 4 nitrogen and oxygen atoms in total. The van der Waals surface area contributed by atoms with Gasteiger partial charge in [0.2, 0.25) is 0 Å². The van der Waals surface area contributed by atoms with Crippen LogP contribution in [0.15, 0.2) is 34.9 Å². The van der Waals surface area contributed by atoms with E-state index in [1.807, 2.05) is 24.3 Å². The summed E-state index contributed by atoms with van der Waals surface area (Å²) in [6.45, 7) is 0. The van der Waals surface area contributed by atoms with Crippen LogP contribution in [0.4, 0.5) is 0 Å². The topological polar surface area (TPSA) is 76.2 Å². The van der Waals surface area contributed by atoms with E-state index in [0.29, 0.717) is 0 Å². The van der Waals surface area contributed by atoms with Crippen molar-refractivity contribution in [2.75, 3.05) is 0 Å². The third-order valence-corrected chi connectivity index (χ3v) is 3.23. The second kappa shape index (κ2) is 4.81. The number of aromatic nitrogens is 1. The van der Waals surface area contributed by atoms with Gasteiger partial charge in [-0.05, 0) is 17.7 Å². The molecule has 0 aliphatic carbocycles. The van der Waals surface area contributed by atoms with Gasteiger partial charge in [-0.25, -0.2) is 0 Å². The average Bonchev–Trinajstić information content (AvgIpc) is 2.29. The predicted molar refractivity (Wildman–Crippen MR) is 68.6 cm³/mol. The Balaban J connectivity index is 2.55. The Morgan fingerprint density at radius 3 is 2.94 bits per heavy atom. The van der Waals surface area contributed by atoms with Gasteiger partial charge in [-0.15, -0.1) is 0 Å². The zero-order valence-corrected chi connectivity index (χ0v) is 10.5. The Labute approximate surface area is 107 Å². The van der Waals surface area contributed by atoms with Crippen LogP contribution in [-0.4, -0.2) is 16.1 Å². The van der Waals surface area contributed by atoms with Crippen LogP contribution in [-0.2, 0) is 4.79 Å². The molecular weight excluding hydrogens is 284 g/mol. The van der Waals surface area contributed by atoms with E-state index in [0.717, 1.165) is 20.9 Å². The number of carbonyl (C=O) groups is 1. The summed E-state index contributed by atoms with van der Waals surface area (Å²) in [6.07, 6.45) is 1.57. The molecule has 0 aliphatic rings. The molecule has 0 radical (unpaired) electrons. The van der Waals surface area contributed by atoms with E-state index >= 15 is 0 Å². The Bertz CT molecular complexity index is 571. The minimum Gasteiger partial charge on any atom is -0.481 e. The van der Waals surface area contributed by atoms with Gasteiger partial charge in [-0.2, -0.15) is 0 Å². The summed E-state index contributed by atoms with van der Waals surface area (Å²) in [6, 6.07) is 6.88. The highest BCUT2D eigenvalue weighted by Crippen LogP contribution is 2.28. The van der Waals surface area contributed by atoms with E-state index in [4.69, 9.17) is 10.8 Å². The number of halogens is 1. The SMILES string of the molecule is N[C@H](CC(=O)O)c1ccc(Br)c2cccnc12. The van der Waals surface area contributed by atoms with E-state index in [1.165, 1.54) is 0 Å². The molecule has 0 amide bonds. The van der Waals surface area contributed by atoms with Crippen molar-refractivity contribution in [3.63, 3.8) is 0 Å². The van der Waals surface area contributed by atoms with E-state index in [1.54, 1.807) is 6.20 Å². The molecule has 0 unspecified atom stereocenters. The van der Waals surface area contributed by atoms with Crippen molar-refractivity contribution in [3.05, 3.63) is 40.5 Å². The number of carboxylic acid groups (broad SMARTS) is 1. The molecule has 3 N–H and O–H groups in total. The number of rotatable bonds is 3. The summed E-state index contributed by atoms with van der Waals surface area (Å²) in [4.78, 5) is 14.9. The van der Waals surface area contributed by atoms with E-state index < -0.39 is 12.0 Å². The highest BCUT2D eigenvalue weighted by Gasteiger charge is 2.15. The fourth-order valence-electron chi connectivity index (χ4n) is 1.76. The lowest BCUT2D eigenvalue weighted by molar-refractivity contribution is -0.137. The maximum atomic E-state index is 10.7. The monoisotopic (exact) mass is 294 g/mol. The Hall–Kier alpha value is -1.46. The first-order chi connectivity index (χ1) is 8.09. The third kappa shape index (κ3) is 2.45. The molecule has 88 valence electrons. The van der Waals surface area contributed by atoms with Crippen LogP contribution in [0.2, 0.25) is 0 Å². The van der Waals surface area contributed by atoms with Crippen LogP contribution in [0, 0.1) is 0 Å². The standard InChI is InChI=1S/C12H11BrN2O2/c13-9-4-3-8(10(14)6-11(16)17)12-7(9)2-1-5-15-12/h1-5,10H,6,14H2,(H,16,17)/t10-/m1/s1. The van der Waals surface area contributed by atoms with E-state index in [-0.39, 0.29) is 6.42 Å². The van der Waals surface area contributed by atoms with Gasteiger partial charge >= 0.3 is 5.97 Å². The zero-order chi connectivity index (χ0) is 12.4. The third-order valence-electron chi connectivity index (χ3n) is 2.54. The molecule has 0 spiro atoms. The van der Waals surface area contributed by atoms with Gasteiger partial charge in [-0.3, -0.25) is 9.78 Å². The molecule has 1 atom stereocenters. The average molecular weight is 295 g/mol. The number of hydrogen-bond donors (Lipinski definition) is 2. The van der Waals surface area contributed by atoms with Crippen LogP contribution in [0.1, 0.15) is 18.0 Å². The van der Waals surface area contributed by atoms with Crippen LogP contribution in [0.5, 0.6) is 0 Å². The van der Waals surface area contributed by atoms with E-state index in [2.05, 4.69) is 20.9 Å². The van der Waals surface area contributed by atoms with Crippen molar-refractivity contribution in [2.45, 2.75) is 12.5 Å². The van der Waals surface area contributed by atoms with Gasteiger partial charge in [0.05, 0.1) is 11.9 Å². The van der Waals surface area contributed by atoms with Crippen molar-refractivity contribution < 1.29 is 9.90 Å². The van der Waals surface area contributed by atoms with Crippen LogP contribution < -0.4 is 5.73 Å². The van der Waals surface area contributed by atoms with Gasteiger partial charge in [-0.1, -0.05) is 28.1 Å². The maximum absolute atomic E-state index is 10.7. The quantitative estimate of drug-likeness (QED) is 0.912. The second-order valence-corrected chi connectivity index (χ2v) is 4.59. The van der Waals surface area contributed by atoms with Crippen LogP contribution in [0.3, 0.4) is 0 Å². The number of nitrogens with zero attached hydrogens (tertiary/aromatic N) is 1. The second-order valence-electron chi connectivity index (χ2n) is 3.74. The summed E-state index contributed by atoms with van der Waals surface area (Å²) in [7, 11) is 0. The fraction of sp³-hybridized carbons (Fsp3) is 0.167. The molecule has 1 heterocycles. The number of nitrogens with two attached hydrogens (primary N) is 1. The Kier molecular flexibility index (Phi) is 3.40. The molecule has 0 saturated carbocycles. The molecule has 5 heteroatoms. The Morgan fingerprint density at radius 2 is 2.24 bits per heavy atom. The number of carboxylic acids is 1. The van der Waals surface area contributed by atoms with Crippen molar-refractivity contribution >= 4 is 32.8 Å². The normalized spacial score (nSPS) is 12.6. The maximum Gasteiger partial charge on any atom is 0.305 e. The number of pyridine rings is 1. The summed E-state index contributed by atoms with van der Waals surface area (Å²) in [5.74, 6) is -0.913. The summed E-state index contributed by atoms with van der Waals surface area (Å²) < 4.78 is 0.923. The molecule has 1 aromatic carbocycles. The molecule has 2 rings (SSSR count). The first kappa shape index (κ1) is 12.0. The van der Waals surface area contributed by atoms with Crippen molar-refractivity contribution in [2.24, 2.45) is 5.73 Å². The minimum absolute atomic E-state index is 0.104. The van der Waals surface area contributed by atoms with Gasteiger partial charge in [0.15, 0.2) is 0 Å². The molecule has 0 saturated heterocycles. The van der Waals surface area contributed by atoms with Gasteiger partial charge in [0.25, 0.3) is 0 Å². The van der Waals surface area contributed by atoms with Crippen molar-refractivity contribution in [1.82, 2.24) is 4.98 Å². The first-order valence-electron chi connectivity index (χ1n) is 5.10. The number of benzene rings is 1. The van der Waals surface area contributed by atoms with E-state index in [9.17, 15) is 4.79 Å². The summed E-state index contributed by atoms with van der Waals surface area (Å²) in [5.41, 5.74) is 7.38. The molecule has 1 aromatic heterocycles. The lowest BCUT2D eigenvalue weighted by Gasteiger charge is -2.12. The predicted octanol–water partition coefficient (Wildman–Crippen LogP) is 2.47. The summed E-state index contributed by atoms with van der Waals surface area (Å²) >= 11 is 3.43. The highest BCUT2D eigenvalue weighted by molar-refractivity contribution is 9.10. The smallest absolute Gasteiger partial charge is 0.305 e. The number of aliphatic carboxylic acids is 1. The van der Waals surface area contributed by atoms with Crippen LogP contribution in [0.25, 0.3) is 10.9 Å². The molecule has 17 heavy (non-hydrogen) atoms. The lowest BCUT2D eigenvalue weighted by Crippen LogP contribution is -2.15. The zero-order valence-electron chi connectivity index (χ0n) is 8.93. The number of fused-ring (bicyclic) bond motifs is 1. The van der Waals surface area contributed by atoms with Gasteiger partial charge < -0.3 is 10.8 Å². The van der Waals surface area contributed by atoms with Crippen LogP contribution >= 0.6 is 15.9 Å². The highest BCUT2D eigenvalue weighted by atomic mass is 79.9. The van der Waals surface area contributed by atoms with Gasteiger partial charge in [0, 0.05) is 22.1 Å². The Morgan fingerprint density at radius 1 is 1.47 bits per heavy atom. The van der Waals surface area contributed by atoms with Crippen molar-refractivity contribution in [3.8, 4) is 0 Å². The molecule has 0 aliphatic heterocycles. The molecular formula is C12H11BrN2O2. The largest absolute Gasteiger partial charge is 0.481 e. The molecule has 0 fully saturated rings. The lowest BCUT2D eigenvalue weighted by atomic mass is 10.0. The minimum atomic E-state index is -0.913. The fourth-order valence-corrected chi connectivity index (χ4v) is 2.21.